The third-order valence-corrected chi connectivity index (χ3v) is 3.54. The Hall–Kier alpha value is -1.36. The van der Waals surface area contributed by atoms with Crippen LogP contribution in [0.3, 0.4) is 0 Å². The average Bonchev–Trinajstić information content (AvgIpc) is 2.34. The van der Waals surface area contributed by atoms with E-state index in [-0.39, 0.29) is 30.7 Å². The molecule has 0 atom stereocenters. The van der Waals surface area contributed by atoms with Crippen molar-refractivity contribution in [3.05, 3.63) is 34.3 Å². The summed E-state index contributed by atoms with van der Waals surface area (Å²) in [5, 5.41) is 0. The molecule has 0 N–H and O–H groups in total. The number of carbonyl (C=O) groups excluding carboxylic acids is 2. The molecule has 0 aromatic heterocycles. The summed E-state index contributed by atoms with van der Waals surface area (Å²) in [6.45, 7) is 11.0. The number of ether oxygens (including phenoxy) is 2. The van der Waals surface area contributed by atoms with Crippen LogP contribution in [0.1, 0.15) is 65.9 Å². The quantitative estimate of drug-likeness (QED) is 0.654. The maximum absolute atomic E-state index is 12.2. The normalized spacial score (nSPS) is 12.2. The number of esters is 2. The molecule has 0 spiro atoms. The molecule has 0 fully saturated rings. The molecule has 0 aliphatic rings. The molecule has 1 aromatic rings. The summed E-state index contributed by atoms with van der Waals surface area (Å²) < 4.78 is 11.7. The van der Waals surface area contributed by atoms with Gasteiger partial charge in [-0.3, -0.25) is 9.59 Å². The zero-order valence-corrected chi connectivity index (χ0v) is 16.9. The van der Waals surface area contributed by atoms with Crippen molar-refractivity contribution >= 4 is 27.9 Å². The summed E-state index contributed by atoms with van der Waals surface area (Å²) in [5.74, 6) is -0.916. The lowest BCUT2D eigenvalue weighted by molar-refractivity contribution is -0.157. The monoisotopic (exact) mass is 398 g/mol. The highest BCUT2D eigenvalue weighted by Gasteiger charge is 2.26. The van der Waals surface area contributed by atoms with Gasteiger partial charge in [0.2, 0.25) is 0 Å². The fraction of sp³-hybridized carbons (Fsp3) is 0.579. The molecule has 4 nitrogen and oxygen atoms in total. The molecule has 134 valence electrons. The van der Waals surface area contributed by atoms with Gasteiger partial charge in [-0.15, -0.1) is 0 Å². The van der Waals surface area contributed by atoms with E-state index in [2.05, 4.69) is 15.9 Å². The number of hydrogen-bond acceptors (Lipinski definition) is 4. The molecule has 0 amide bonds. The topological polar surface area (TPSA) is 52.6 Å². The van der Waals surface area contributed by atoms with E-state index in [1.54, 1.807) is 0 Å². The van der Waals surface area contributed by atoms with Crippen LogP contribution in [-0.2, 0) is 19.1 Å². The highest BCUT2D eigenvalue weighted by atomic mass is 79.9. The van der Waals surface area contributed by atoms with Crippen LogP contribution in [0.2, 0.25) is 0 Å². The summed E-state index contributed by atoms with van der Waals surface area (Å²) in [7, 11) is 0. The van der Waals surface area contributed by atoms with Crippen molar-refractivity contribution < 1.29 is 19.1 Å². The lowest BCUT2D eigenvalue weighted by Crippen LogP contribution is -2.27. The Bertz CT molecular complexity index is 535. The summed E-state index contributed by atoms with van der Waals surface area (Å²) in [4.78, 5) is 24.4. The molecule has 0 unspecified atom stereocenters. The number of carbonyl (C=O) groups is 2. The molecule has 1 rings (SSSR count). The lowest BCUT2D eigenvalue weighted by atomic mass is 9.92. The Morgan fingerprint density at radius 3 is 1.58 bits per heavy atom. The zero-order valence-electron chi connectivity index (χ0n) is 15.3. The largest absolute Gasteiger partial charge is 0.460 e. The molecular formula is C19H27BrO4. The molecule has 24 heavy (non-hydrogen) atoms. The minimum Gasteiger partial charge on any atom is -0.460 e. The van der Waals surface area contributed by atoms with E-state index in [9.17, 15) is 9.59 Å². The van der Waals surface area contributed by atoms with Crippen LogP contribution in [0.15, 0.2) is 28.7 Å². The minimum absolute atomic E-state index is 0.137. The number of hydrogen-bond donors (Lipinski definition) is 0. The standard InChI is InChI=1S/C19H27BrO4/c1-18(2,3)23-16(21)11-14(12-17(22)24-19(4,5)6)13-7-9-15(20)10-8-13/h7-10,14H,11-12H2,1-6H3. The van der Waals surface area contributed by atoms with Gasteiger partial charge in [0.15, 0.2) is 0 Å². The highest BCUT2D eigenvalue weighted by molar-refractivity contribution is 9.10. The van der Waals surface area contributed by atoms with Crippen molar-refractivity contribution in [1.82, 2.24) is 0 Å². The van der Waals surface area contributed by atoms with Gasteiger partial charge >= 0.3 is 11.9 Å². The van der Waals surface area contributed by atoms with Gasteiger partial charge in [-0.05, 0) is 59.2 Å². The molecule has 0 heterocycles. The Morgan fingerprint density at radius 2 is 1.25 bits per heavy atom. The van der Waals surface area contributed by atoms with Crippen LogP contribution < -0.4 is 0 Å². The third kappa shape index (κ3) is 8.48. The summed E-state index contributed by atoms with van der Waals surface area (Å²) in [6.07, 6.45) is 0.274. The molecule has 0 saturated heterocycles. The first-order valence-corrected chi connectivity index (χ1v) is 8.84. The average molecular weight is 399 g/mol. The summed E-state index contributed by atoms with van der Waals surface area (Å²) in [5.41, 5.74) is -0.185. The Kier molecular flexibility index (Phi) is 7.02. The van der Waals surface area contributed by atoms with Crippen LogP contribution in [0.4, 0.5) is 0 Å². The molecule has 0 aliphatic heterocycles. The smallest absolute Gasteiger partial charge is 0.306 e. The van der Waals surface area contributed by atoms with E-state index in [4.69, 9.17) is 9.47 Å². The van der Waals surface area contributed by atoms with Crippen molar-refractivity contribution in [2.24, 2.45) is 0 Å². The molecule has 0 radical (unpaired) electrons. The first kappa shape index (κ1) is 20.7. The molecule has 5 heteroatoms. The second-order valence-electron chi connectivity index (χ2n) is 7.83. The lowest BCUT2D eigenvalue weighted by Gasteiger charge is -2.24. The predicted molar refractivity (Wildman–Crippen MR) is 97.8 cm³/mol. The second kappa shape index (κ2) is 8.15. The maximum atomic E-state index is 12.2. The van der Waals surface area contributed by atoms with E-state index < -0.39 is 11.2 Å². The fourth-order valence-electron chi connectivity index (χ4n) is 2.21. The molecule has 0 saturated carbocycles. The van der Waals surface area contributed by atoms with Crippen molar-refractivity contribution in [2.75, 3.05) is 0 Å². The van der Waals surface area contributed by atoms with Gasteiger partial charge in [-0.1, -0.05) is 28.1 Å². The van der Waals surface area contributed by atoms with Gasteiger partial charge in [-0.25, -0.2) is 0 Å². The first-order valence-electron chi connectivity index (χ1n) is 8.05. The summed E-state index contributed by atoms with van der Waals surface area (Å²) in [6, 6.07) is 7.60. The van der Waals surface area contributed by atoms with E-state index in [0.717, 1.165) is 10.0 Å². The minimum atomic E-state index is -0.548. The Balaban J connectivity index is 2.89. The second-order valence-corrected chi connectivity index (χ2v) is 8.75. The van der Waals surface area contributed by atoms with Crippen LogP contribution in [0, 0.1) is 0 Å². The SMILES string of the molecule is CC(C)(C)OC(=O)CC(CC(=O)OC(C)(C)C)c1ccc(Br)cc1. The maximum Gasteiger partial charge on any atom is 0.306 e. The number of halogens is 1. The van der Waals surface area contributed by atoms with E-state index in [1.165, 1.54) is 0 Å². The zero-order chi connectivity index (χ0) is 18.5. The van der Waals surface area contributed by atoms with Gasteiger partial charge in [0.25, 0.3) is 0 Å². The van der Waals surface area contributed by atoms with Crippen LogP contribution >= 0.6 is 15.9 Å². The van der Waals surface area contributed by atoms with Gasteiger partial charge in [-0.2, -0.15) is 0 Å². The number of rotatable bonds is 5. The molecule has 0 aliphatic carbocycles. The van der Waals surface area contributed by atoms with Crippen molar-refractivity contribution in [1.29, 1.82) is 0 Å². The molecule has 0 bridgehead atoms. The van der Waals surface area contributed by atoms with E-state index in [0.29, 0.717) is 0 Å². The Labute approximate surface area is 153 Å². The Morgan fingerprint density at radius 1 is 0.875 bits per heavy atom. The van der Waals surface area contributed by atoms with Gasteiger partial charge in [0.05, 0.1) is 12.8 Å². The van der Waals surface area contributed by atoms with Crippen LogP contribution in [0.5, 0.6) is 0 Å². The van der Waals surface area contributed by atoms with Gasteiger partial charge < -0.3 is 9.47 Å². The molecule has 1 aromatic carbocycles. The first-order chi connectivity index (χ1) is 10.9. The van der Waals surface area contributed by atoms with E-state index in [1.807, 2.05) is 65.8 Å². The van der Waals surface area contributed by atoms with Crippen LogP contribution in [0.25, 0.3) is 0 Å². The van der Waals surface area contributed by atoms with Crippen molar-refractivity contribution in [3.8, 4) is 0 Å². The van der Waals surface area contributed by atoms with Gasteiger partial charge in [0.1, 0.15) is 11.2 Å². The van der Waals surface area contributed by atoms with Crippen LogP contribution in [-0.4, -0.2) is 23.1 Å². The van der Waals surface area contributed by atoms with E-state index >= 15 is 0 Å². The summed E-state index contributed by atoms with van der Waals surface area (Å²) >= 11 is 3.39. The van der Waals surface area contributed by atoms with Crippen molar-refractivity contribution in [2.45, 2.75) is 71.5 Å². The molecular weight excluding hydrogens is 372 g/mol. The third-order valence-electron chi connectivity index (χ3n) is 3.01. The van der Waals surface area contributed by atoms with Gasteiger partial charge in [0, 0.05) is 10.4 Å². The highest BCUT2D eigenvalue weighted by Crippen LogP contribution is 2.28. The predicted octanol–water partition coefficient (Wildman–Crippen LogP) is 5.00. The van der Waals surface area contributed by atoms with Crippen molar-refractivity contribution in [3.63, 3.8) is 0 Å². The fourth-order valence-corrected chi connectivity index (χ4v) is 2.48. The number of benzene rings is 1.